The molecule has 1 aliphatic rings. The maximum absolute atomic E-state index is 14.2. The van der Waals surface area contributed by atoms with Gasteiger partial charge in [-0.15, -0.1) is 11.3 Å². The Hall–Kier alpha value is -5.72. The highest BCUT2D eigenvalue weighted by atomic mass is 32.2. The minimum Gasteiger partial charge on any atom is -0.490 e. The molecule has 23 heteroatoms. The van der Waals surface area contributed by atoms with Crippen LogP contribution in [0.5, 0.6) is 5.75 Å². The summed E-state index contributed by atoms with van der Waals surface area (Å²) < 4.78 is 61.2. The second kappa shape index (κ2) is 26.7. The van der Waals surface area contributed by atoms with Crippen LogP contribution in [0.25, 0.3) is 21.1 Å². The van der Waals surface area contributed by atoms with E-state index in [0.717, 1.165) is 15.9 Å². The van der Waals surface area contributed by atoms with Gasteiger partial charge in [-0.1, -0.05) is 34.6 Å². The van der Waals surface area contributed by atoms with Crippen LogP contribution in [0.1, 0.15) is 75.7 Å². The third kappa shape index (κ3) is 16.4. The molecule has 408 valence electrons. The summed E-state index contributed by atoms with van der Waals surface area (Å²) in [7, 11) is -2.48. The number of rotatable bonds is 26. The van der Waals surface area contributed by atoms with Crippen molar-refractivity contribution >= 4 is 83.4 Å². The maximum Gasteiger partial charge on any atom is 0.407 e. The van der Waals surface area contributed by atoms with Crippen LogP contribution in [0.4, 0.5) is 16.2 Å². The highest BCUT2D eigenvalue weighted by Gasteiger charge is 2.46. The summed E-state index contributed by atoms with van der Waals surface area (Å²) in [5.41, 5.74) is 3.89. The zero-order valence-electron chi connectivity index (χ0n) is 44.3. The number of nitrogens with one attached hydrogen (secondary N) is 5. The Morgan fingerprint density at radius 3 is 2.08 bits per heavy atom. The Labute approximate surface area is 437 Å². The lowest BCUT2D eigenvalue weighted by molar-refractivity contribution is -0.145. The second-order valence-electron chi connectivity index (χ2n) is 20.3. The van der Waals surface area contributed by atoms with Gasteiger partial charge in [0.25, 0.3) is 5.91 Å². The van der Waals surface area contributed by atoms with Crippen LogP contribution in [0.2, 0.25) is 0 Å². The van der Waals surface area contributed by atoms with Crippen LogP contribution < -0.4 is 31.3 Å². The van der Waals surface area contributed by atoms with Gasteiger partial charge in [-0.05, 0) is 82.7 Å². The number of thiazole rings is 1. The number of sulfone groups is 1. The second-order valence-corrected chi connectivity index (χ2v) is 23.9. The molecule has 5 atom stereocenters. The van der Waals surface area contributed by atoms with E-state index in [2.05, 4.69) is 36.6 Å². The Balaban J connectivity index is 1.01. The van der Waals surface area contributed by atoms with E-state index in [1.54, 1.807) is 82.8 Å². The topological polar surface area (TPSA) is 264 Å². The first-order chi connectivity index (χ1) is 34.9. The molecule has 5 N–H and O–H groups in total. The predicted octanol–water partition coefficient (Wildman–Crippen LogP) is 5.13. The molecule has 1 saturated heterocycles. The third-order valence-electron chi connectivity index (χ3n) is 12.2. The Morgan fingerprint density at radius 2 is 1.46 bits per heavy atom. The quantitative estimate of drug-likeness (QED) is 0.0511. The van der Waals surface area contributed by atoms with Crippen LogP contribution in [-0.2, 0) is 52.7 Å². The highest BCUT2D eigenvalue weighted by molar-refractivity contribution is 7.92. The van der Waals surface area contributed by atoms with Crippen molar-refractivity contribution in [1.82, 2.24) is 36.1 Å². The van der Waals surface area contributed by atoms with E-state index in [4.69, 9.17) is 28.4 Å². The molecule has 1 fully saturated rings. The average molecular weight is 1070 g/mol. The summed E-state index contributed by atoms with van der Waals surface area (Å²) in [5, 5.41) is 14.9. The number of hydrogen-bond acceptors (Lipinski definition) is 17. The van der Waals surface area contributed by atoms with Gasteiger partial charge in [0, 0.05) is 54.7 Å². The van der Waals surface area contributed by atoms with Crippen molar-refractivity contribution in [3.05, 3.63) is 48.1 Å². The molecule has 5 rings (SSSR count). The molecule has 1 aliphatic heterocycles. The fourth-order valence-corrected chi connectivity index (χ4v) is 9.55. The molecule has 0 aliphatic carbocycles. The number of alkyl carbamates (subject to hydrolysis) is 1. The molecule has 21 nitrogen and oxygen atoms in total. The molecule has 0 bridgehead atoms. The summed E-state index contributed by atoms with van der Waals surface area (Å²) >= 11 is 1.55. The minimum absolute atomic E-state index is 0.00855. The first-order valence-electron chi connectivity index (χ1n) is 24.7. The molecule has 0 spiro atoms. The zero-order chi connectivity index (χ0) is 54.4. The normalized spacial score (nSPS) is 16.4. The lowest BCUT2D eigenvalue weighted by atomic mass is 9.85. The highest BCUT2D eigenvalue weighted by Crippen LogP contribution is 2.38. The first kappa shape index (κ1) is 59.2. The molecule has 3 unspecified atom stereocenters. The van der Waals surface area contributed by atoms with Crippen molar-refractivity contribution in [2.24, 2.45) is 11.3 Å². The number of pyridine rings is 1. The van der Waals surface area contributed by atoms with E-state index in [9.17, 15) is 32.4 Å². The van der Waals surface area contributed by atoms with Crippen molar-refractivity contribution < 1.29 is 60.8 Å². The third-order valence-corrected chi connectivity index (χ3v) is 15.5. The van der Waals surface area contributed by atoms with Crippen LogP contribution in [0.15, 0.2) is 53.0 Å². The van der Waals surface area contributed by atoms with Gasteiger partial charge in [0.2, 0.25) is 17.7 Å². The van der Waals surface area contributed by atoms with Crippen LogP contribution >= 0.6 is 11.3 Å². The fraction of sp³-hybridized carbons (Fsp3) is 0.588. The van der Waals surface area contributed by atoms with Crippen molar-refractivity contribution in [3.8, 4) is 5.75 Å². The SMILES string of the molecule is CNC(=O)OC(C)C(=O)NC(C(=O)N1C[C@@H](NC(=O)COCCOCCOCCOCCOc2cc3nccc(Nc4ccc5scnc5c4)c3cc2S(=O)(=O)C(C)(C)C)C[C@H]1C(=O)NC(C)C(C)C)C(C)(C)C. The monoisotopic (exact) mass is 1070 g/mol. The summed E-state index contributed by atoms with van der Waals surface area (Å²) in [4.78, 5) is 76.0. The molecule has 74 heavy (non-hydrogen) atoms. The number of aromatic nitrogens is 2. The summed E-state index contributed by atoms with van der Waals surface area (Å²) in [6, 6.07) is 8.11. The van der Waals surface area contributed by atoms with E-state index >= 15 is 0 Å². The van der Waals surface area contributed by atoms with E-state index < -0.39 is 68.0 Å². The lowest BCUT2D eigenvalue weighted by Crippen LogP contribution is -2.59. The number of ether oxygens (including phenoxy) is 6. The van der Waals surface area contributed by atoms with E-state index in [1.165, 1.54) is 18.9 Å². The number of benzene rings is 2. The Bertz CT molecular complexity index is 2670. The predicted molar refractivity (Wildman–Crippen MR) is 281 cm³/mol. The smallest absolute Gasteiger partial charge is 0.407 e. The Kier molecular flexibility index (Phi) is 21.3. The number of fused-ring (bicyclic) bond motifs is 2. The van der Waals surface area contributed by atoms with Gasteiger partial charge >= 0.3 is 6.09 Å². The van der Waals surface area contributed by atoms with Crippen molar-refractivity contribution in [1.29, 1.82) is 0 Å². The summed E-state index contributed by atoms with van der Waals surface area (Å²) in [6.45, 7) is 18.8. The number of carbonyl (C=O) groups is 5. The fourth-order valence-electron chi connectivity index (χ4n) is 7.58. The molecule has 5 amide bonds. The number of anilines is 2. The van der Waals surface area contributed by atoms with E-state index in [0.29, 0.717) is 16.6 Å². The van der Waals surface area contributed by atoms with Gasteiger partial charge in [0.15, 0.2) is 15.9 Å². The van der Waals surface area contributed by atoms with Gasteiger partial charge in [0.1, 0.15) is 35.9 Å². The van der Waals surface area contributed by atoms with E-state index in [1.807, 2.05) is 39.0 Å². The molecular formula is C51H74N8O13S2. The molecule has 2 aromatic carbocycles. The average Bonchev–Trinajstić information content (AvgIpc) is 3.99. The van der Waals surface area contributed by atoms with Gasteiger partial charge in [-0.3, -0.25) is 24.2 Å². The Morgan fingerprint density at radius 1 is 0.811 bits per heavy atom. The van der Waals surface area contributed by atoms with Gasteiger partial charge in [-0.2, -0.15) is 0 Å². The molecule has 3 heterocycles. The van der Waals surface area contributed by atoms with Gasteiger partial charge < -0.3 is 59.9 Å². The number of carbonyl (C=O) groups excluding carboxylic acids is 5. The van der Waals surface area contributed by atoms with Crippen LogP contribution in [0.3, 0.4) is 0 Å². The van der Waals surface area contributed by atoms with Gasteiger partial charge in [-0.25, -0.2) is 18.2 Å². The van der Waals surface area contributed by atoms with Crippen LogP contribution in [0, 0.1) is 11.3 Å². The zero-order valence-corrected chi connectivity index (χ0v) is 46.0. The van der Waals surface area contributed by atoms with Crippen molar-refractivity contribution in [2.75, 3.05) is 78.4 Å². The molecule has 4 aromatic rings. The number of likely N-dealkylation sites (tertiary alicyclic amines) is 1. The van der Waals surface area contributed by atoms with Crippen molar-refractivity contribution in [3.63, 3.8) is 0 Å². The summed E-state index contributed by atoms with van der Waals surface area (Å²) in [5.74, 6) is -1.73. The molecule has 0 radical (unpaired) electrons. The maximum atomic E-state index is 14.2. The summed E-state index contributed by atoms with van der Waals surface area (Å²) in [6.07, 6.45) is -0.219. The number of nitrogens with zero attached hydrogens (tertiary/aromatic N) is 3. The van der Waals surface area contributed by atoms with Crippen LogP contribution in [-0.4, -0.2) is 161 Å². The first-order valence-corrected chi connectivity index (χ1v) is 27.1. The number of hydrogen-bond donors (Lipinski definition) is 5. The molecule has 0 saturated carbocycles. The van der Waals surface area contributed by atoms with E-state index in [-0.39, 0.29) is 101 Å². The number of amides is 5. The standard InChI is InChI=1S/C51H74N8O13S2/c1-31(2)32(3)55-47(62)40-25-35(28-59(40)48(63)45(50(5,6)7)58-46(61)33(4)72-49(64)52-11)57-44(60)29-70-21-20-68-17-16-67-18-19-69-22-23-71-41-27-38-36(26-43(41)74(65,66)51(8,9)10)37(14-15-53-38)56-34-12-13-42-39(24-34)54-30-73-42/h12-15,24,26-27,30-33,35,40,45H,16-23,25,28-29H2,1-11H3,(H,52,64)(H,53,56)(H,55,62)(H,57,60)(H,58,61)/t32?,33?,35-,40-,45?/m0/s1. The largest absolute Gasteiger partial charge is 0.490 e. The molecule has 2 aromatic heterocycles. The lowest BCUT2D eigenvalue weighted by Gasteiger charge is -2.36. The van der Waals surface area contributed by atoms with Gasteiger partial charge in [0.05, 0.1) is 72.2 Å². The van der Waals surface area contributed by atoms with Crippen molar-refractivity contribution in [2.45, 2.75) is 116 Å². The molecular weight excluding hydrogens is 997 g/mol. The minimum atomic E-state index is -3.84.